The van der Waals surface area contributed by atoms with Gasteiger partial charge in [0, 0.05) is 42.7 Å². The molecule has 0 saturated carbocycles. The van der Waals surface area contributed by atoms with Crippen LogP contribution in [0.25, 0.3) is 55.5 Å². The van der Waals surface area contributed by atoms with Crippen LogP contribution in [-0.4, -0.2) is 143 Å². The number of H-pyrrole nitrogens is 1. The molecular formula is C48H53FN14O4. The van der Waals surface area contributed by atoms with E-state index >= 15 is 0 Å². The smallest absolute Gasteiger partial charge is 0.229 e. The summed E-state index contributed by atoms with van der Waals surface area (Å²) in [6.07, 6.45) is 0. The molecule has 0 amide bonds. The van der Waals surface area contributed by atoms with Gasteiger partial charge in [-0.25, -0.2) is 14.4 Å². The lowest BCUT2D eigenvalue weighted by Crippen LogP contribution is -2.46. The second-order valence-corrected chi connectivity index (χ2v) is 17.5. The minimum atomic E-state index is -0.545. The van der Waals surface area contributed by atoms with E-state index in [2.05, 4.69) is 63.6 Å². The number of ether oxygens (including phenoxy) is 4. The fourth-order valence-corrected chi connectivity index (χ4v) is 9.08. The molecule has 3 N–H and O–H groups in total. The Morgan fingerprint density at radius 3 is 1.52 bits per heavy atom. The summed E-state index contributed by atoms with van der Waals surface area (Å²) in [4.78, 5) is 38.5. The minimum absolute atomic E-state index is 0.0113. The van der Waals surface area contributed by atoms with Gasteiger partial charge in [0.05, 0.1) is 110 Å². The number of morpholine rings is 4. The van der Waals surface area contributed by atoms with Crippen LogP contribution in [0.5, 0.6) is 0 Å². The molecule has 11 rings (SSSR count). The third kappa shape index (κ3) is 8.80. The number of aromatic nitrogens is 8. The number of hydrogen-bond donors (Lipinski definition) is 2. The number of nitrogens with two attached hydrogens (primary N) is 1. The maximum absolute atomic E-state index is 13.8. The molecule has 4 fully saturated rings. The summed E-state index contributed by atoms with van der Waals surface area (Å²) in [6.45, 7) is 16.7. The molecule has 346 valence electrons. The van der Waals surface area contributed by atoms with Crippen LogP contribution < -0.4 is 25.3 Å². The van der Waals surface area contributed by atoms with Crippen molar-refractivity contribution in [2.24, 2.45) is 0 Å². The van der Waals surface area contributed by atoms with E-state index in [-0.39, 0.29) is 29.7 Å². The average Bonchev–Trinajstić information content (AvgIpc) is 3.73. The molecule has 4 saturated heterocycles. The number of fused-ring (bicyclic) bond motifs is 3. The number of anilines is 5. The molecule has 4 atom stereocenters. The maximum atomic E-state index is 13.8. The molecule has 19 heteroatoms. The first-order chi connectivity index (χ1) is 32.6. The van der Waals surface area contributed by atoms with Gasteiger partial charge in [0.1, 0.15) is 23.5 Å². The number of nitriles is 1. The average molecular weight is 909 g/mol. The highest BCUT2D eigenvalue weighted by Crippen LogP contribution is 2.34. The van der Waals surface area contributed by atoms with Crippen LogP contribution in [0.3, 0.4) is 0 Å². The first-order valence-corrected chi connectivity index (χ1v) is 22.8. The molecule has 5 aromatic heterocycles. The van der Waals surface area contributed by atoms with Crippen molar-refractivity contribution in [1.82, 2.24) is 40.1 Å². The van der Waals surface area contributed by atoms with Crippen LogP contribution in [0, 0.1) is 17.1 Å². The van der Waals surface area contributed by atoms with Crippen LogP contribution in [0.1, 0.15) is 33.3 Å². The molecule has 4 aliphatic rings. The summed E-state index contributed by atoms with van der Waals surface area (Å²) < 4.78 is 36.4. The Kier molecular flexibility index (Phi) is 12.3. The minimum Gasteiger partial charge on any atom is -0.382 e. The molecule has 0 spiro atoms. The monoisotopic (exact) mass is 908 g/mol. The zero-order valence-electron chi connectivity index (χ0n) is 38.0. The number of pyridine rings is 2. The van der Waals surface area contributed by atoms with E-state index in [0.29, 0.717) is 99.7 Å². The largest absolute Gasteiger partial charge is 0.382 e. The zero-order valence-corrected chi connectivity index (χ0v) is 38.0. The number of benzene rings is 2. The van der Waals surface area contributed by atoms with Gasteiger partial charge in [-0.1, -0.05) is 6.07 Å². The van der Waals surface area contributed by atoms with Crippen molar-refractivity contribution in [3.05, 3.63) is 72.0 Å². The Bertz CT molecular complexity index is 2980. The normalized spacial score (nSPS) is 21.4. The molecule has 0 unspecified atom stereocenters. The summed E-state index contributed by atoms with van der Waals surface area (Å²) in [5.74, 6) is 2.98. The Labute approximate surface area is 386 Å². The molecule has 7 aromatic rings. The van der Waals surface area contributed by atoms with Crippen LogP contribution in [0.4, 0.5) is 33.7 Å². The fourth-order valence-electron chi connectivity index (χ4n) is 9.08. The second kappa shape index (κ2) is 18.8. The zero-order chi connectivity index (χ0) is 46.2. The Balaban J connectivity index is 0.000000157. The Morgan fingerprint density at radius 1 is 0.582 bits per heavy atom. The van der Waals surface area contributed by atoms with Crippen molar-refractivity contribution in [3.63, 3.8) is 0 Å². The summed E-state index contributed by atoms with van der Waals surface area (Å²) in [7, 11) is 0. The van der Waals surface area contributed by atoms with Gasteiger partial charge in [-0.15, -0.1) is 0 Å². The predicted molar refractivity (Wildman–Crippen MR) is 255 cm³/mol. The number of nitrogen functional groups attached to an aromatic ring is 1. The highest BCUT2D eigenvalue weighted by Gasteiger charge is 2.30. The van der Waals surface area contributed by atoms with Crippen LogP contribution in [0.2, 0.25) is 0 Å². The van der Waals surface area contributed by atoms with Gasteiger partial charge >= 0.3 is 0 Å². The van der Waals surface area contributed by atoms with E-state index in [1.165, 1.54) is 12.1 Å². The van der Waals surface area contributed by atoms with Crippen molar-refractivity contribution in [1.29, 1.82) is 5.26 Å². The number of nitrogens with zero attached hydrogens (tertiary/aromatic N) is 12. The molecule has 9 heterocycles. The van der Waals surface area contributed by atoms with Gasteiger partial charge in [-0.2, -0.15) is 30.3 Å². The molecule has 0 aliphatic carbocycles. The SMILES string of the molecule is C[C@H]1COCCN1c1nc(N2CCOC[C@@H]2C)c2ccc(-c3ccc(F)c(C#N)c3)nc2n1.C[C@H]1COCCN1c1nc(N2CCOC[C@@H]2C)c2ccc(-c3ccc4[nH]nc(N)c4c3)nc2n1. The van der Waals surface area contributed by atoms with E-state index in [0.717, 1.165) is 64.2 Å². The van der Waals surface area contributed by atoms with Gasteiger partial charge in [0.25, 0.3) is 0 Å². The van der Waals surface area contributed by atoms with E-state index < -0.39 is 5.82 Å². The van der Waals surface area contributed by atoms with E-state index in [4.69, 9.17) is 54.6 Å². The third-order valence-electron chi connectivity index (χ3n) is 12.9. The van der Waals surface area contributed by atoms with Crippen molar-refractivity contribution in [2.75, 3.05) is 104 Å². The first-order valence-electron chi connectivity index (χ1n) is 22.8. The molecule has 67 heavy (non-hydrogen) atoms. The summed E-state index contributed by atoms with van der Waals surface area (Å²) in [5.41, 5.74) is 11.2. The van der Waals surface area contributed by atoms with Crippen molar-refractivity contribution >= 4 is 62.3 Å². The van der Waals surface area contributed by atoms with Crippen LogP contribution in [-0.2, 0) is 18.9 Å². The van der Waals surface area contributed by atoms with Gasteiger partial charge in [0.15, 0.2) is 17.1 Å². The predicted octanol–water partition coefficient (Wildman–Crippen LogP) is 5.75. The lowest BCUT2D eigenvalue weighted by Gasteiger charge is -2.37. The number of hydrogen-bond acceptors (Lipinski definition) is 17. The number of aromatic amines is 1. The molecule has 4 aliphatic heterocycles. The van der Waals surface area contributed by atoms with Crippen molar-refractivity contribution in [2.45, 2.75) is 51.9 Å². The van der Waals surface area contributed by atoms with Crippen molar-refractivity contribution < 1.29 is 23.3 Å². The quantitative estimate of drug-likeness (QED) is 0.204. The highest BCUT2D eigenvalue weighted by atomic mass is 19.1. The highest BCUT2D eigenvalue weighted by molar-refractivity contribution is 5.94. The number of halogens is 1. The number of rotatable bonds is 6. The summed E-state index contributed by atoms with van der Waals surface area (Å²) in [5, 5.41) is 18.9. The summed E-state index contributed by atoms with van der Waals surface area (Å²) >= 11 is 0. The first kappa shape index (κ1) is 44.0. The van der Waals surface area contributed by atoms with Gasteiger partial charge in [0.2, 0.25) is 11.9 Å². The lowest BCUT2D eigenvalue weighted by molar-refractivity contribution is 0.0972. The van der Waals surface area contributed by atoms with E-state index in [1.54, 1.807) is 6.07 Å². The molecule has 2 aromatic carbocycles. The molecular weight excluding hydrogens is 856 g/mol. The van der Waals surface area contributed by atoms with Gasteiger partial charge in [-0.05, 0) is 82.3 Å². The standard InChI is InChI=1S/C24H25FN6O2.C24H28N8O2/c1-15-13-32-9-7-30(15)23-19-4-6-21(17-3-5-20(25)18(11-17)12-26)27-22(19)28-24(29-23)31-8-10-33-14-16(31)2;1-14-12-33-9-7-31(14)23-17-4-6-19(16-3-5-20-18(11-16)21(25)30-29-20)26-22(17)27-24(28-23)32-8-10-34-13-15(32)2/h3-6,11,15-16H,7-10,13-14H2,1-2H3;3-6,11,14-15H,7-10,12-13H2,1-2H3,(H3,25,29,30)/t15-,16-;14-,15-/m00/s1. The molecule has 18 nitrogen and oxygen atoms in total. The Morgan fingerprint density at radius 2 is 1.04 bits per heavy atom. The summed E-state index contributed by atoms with van der Waals surface area (Å²) in [6, 6.07) is 21.0. The third-order valence-corrected chi connectivity index (χ3v) is 12.9. The van der Waals surface area contributed by atoms with Crippen molar-refractivity contribution in [3.8, 4) is 28.6 Å². The van der Waals surface area contributed by atoms with Crippen LogP contribution in [0.15, 0.2) is 60.7 Å². The van der Waals surface area contributed by atoms with Crippen LogP contribution >= 0.6 is 0 Å². The lowest BCUT2D eigenvalue weighted by atomic mass is 10.1. The van der Waals surface area contributed by atoms with Gasteiger partial charge < -0.3 is 44.3 Å². The van der Waals surface area contributed by atoms with E-state index in [1.807, 2.05) is 42.5 Å². The maximum Gasteiger partial charge on any atom is 0.229 e. The Hall–Kier alpha value is -6.85. The molecule has 0 bridgehead atoms. The van der Waals surface area contributed by atoms with E-state index in [9.17, 15) is 9.65 Å². The van der Waals surface area contributed by atoms with Gasteiger partial charge in [-0.3, -0.25) is 5.10 Å². The number of nitrogens with one attached hydrogen (secondary N) is 1. The topological polar surface area (TPSA) is 206 Å². The second-order valence-electron chi connectivity index (χ2n) is 17.5. The molecule has 0 radical (unpaired) electrons. The fraction of sp³-hybridized carbons (Fsp3) is 0.417.